The minimum atomic E-state index is -4.12. The molecule has 74 valence electrons. The van der Waals surface area contributed by atoms with Gasteiger partial charge in [0.05, 0.1) is 0 Å². The van der Waals surface area contributed by atoms with Crippen LogP contribution in [0.25, 0.3) is 0 Å². The molecule has 0 unspecified atom stereocenters. The molecular formula is C6H5Br2ClO3S. The molecule has 0 aromatic heterocycles. The van der Waals surface area contributed by atoms with Crippen molar-refractivity contribution < 1.29 is 13.0 Å². The van der Waals surface area contributed by atoms with E-state index in [0.717, 1.165) is 4.47 Å². The van der Waals surface area contributed by atoms with Crippen LogP contribution in [0.15, 0.2) is 32.0 Å². The summed E-state index contributed by atoms with van der Waals surface area (Å²) < 4.78 is 31.1. The Morgan fingerprint density at radius 3 is 2.15 bits per heavy atom. The minimum absolute atomic E-state index is 0. The molecule has 1 aromatic rings. The van der Waals surface area contributed by atoms with Crippen LogP contribution in [0.5, 0.6) is 0 Å². The highest BCUT2D eigenvalue weighted by molar-refractivity contribution is 9.11. The fourth-order valence-corrected chi connectivity index (χ4v) is 2.89. The molecule has 0 amide bonds. The highest BCUT2D eigenvalue weighted by atomic mass is 79.9. The molecule has 7 heteroatoms. The lowest BCUT2D eigenvalue weighted by Crippen LogP contribution is -1.98. The van der Waals surface area contributed by atoms with Crippen molar-refractivity contribution in [3.63, 3.8) is 0 Å². The molecule has 0 atom stereocenters. The molecule has 1 N–H and O–H groups in total. The standard InChI is InChI=1S/C6H4Br2O3S.ClH/c7-4-1-2-6(5(8)3-4)12(9,10)11;/h1-3H,(H,9,10,11);1H. The SMILES string of the molecule is Cl.O=S(=O)(O)c1ccc(Br)cc1Br. The zero-order chi connectivity index (χ0) is 9.35. The van der Waals surface area contributed by atoms with Crippen molar-refractivity contribution in [2.75, 3.05) is 0 Å². The van der Waals surface area contributed by atoms with Crippen molar-refractivity contribution in [2.45, 2.75) is 4.90 Å². The number of rotatable bonds is 1. The van der Waals surface area contributed by atoms with Gasteiger partial charge < -0.3 is 0 Å². The van der Waals surface area contributed by atoms with Gasteiger partial charge in [0.1, 0.15) is 4.90 Å². The number of halogens is 3. The molecule has 0 spiro atoms. The summed E-state index contributed by atoms with van der Waals surface area (Å²) in [4.78, 5) is -0.134. The molecule has 0 heterocycles. The molecule has 0 aliphatic heterocycles. The summed E-state index contributed by atoms with van der Waals surface area (Å²) in [6, 6.07) is 4.39. The molecular weight excluding hydrogens is 347 g/mol. The van der Waals surface area contributed by atoms with Gasteiger partial charge in [-0.3, -0.25) is 4.55 Å². The fraction of sp³-hybridized carbons (Fsp3) is 0. The van der Waals surface area contributed by atoms with Crippen LogP contribution in [-0.4, -0.2) is 13.0 Å². The molecule has 3 nitrogen and oxygen atoms in total. The molecule has 1 rings (SSSR count). The van der Waals surface area contributed by atoms with Gasteiger partial charge in [-0.05, 0) is 34.1 Å². The minimum Gasteiger partial charge on any atom is -0.282 e. The van der Waals surface area contributed by atoms with Crippen LogP contribution in [-0.2, 0) is 10.1 Å². The van der Waals surface area contributed by atoms with Gasteiger partial charge in [0.15, 0.2) is 0 Å². The van der Waals surface area contributed by atoms with E-state index in [1.165, 1.54) is 12.1 Å². The summed E-state index contributed by atoms with van der Waals surface area (Å²) in [7, 11) is -4.12. The molecule has 0 aliphatic rings. The van der Waals surface area contributed by atoms with E-state index in [2.05, 4.69) is 31.9 Å². The van der Waals surface area contributed by atoms with Gasteiger partial charge in [0, 0.05) is 8.95 Å². The van der Waals surface area contributed by atoms with Crippen molar-refractivity contribution in [3.8, 4) is 0 Å². The first-order valence-corrected chi connectivity index (χ1v) is 5.86. The van der Waals surface area contributed by atoms with Crippen molar-refractivity contribution >= 4 is 54.4 Å². The second kappa shape index (κ2) is 4.75. The van der Waals surface area contributed by atoms with Crippen molar-refractivity contribution in [1.29, 1.82) is 0 Å². The Kier molecular flexibility index (Phi) is 4.88. The summed E-state index contributed by atoms with van der Waals surface area (Å²) in [6.07, 6.45) is 0. The summed E-state index contributed by atoms with van der Waals surface area (Å²) in [5.41, 5.74) is 0. The van der Waals surface area contributed by atoms with Crippen LogP contribution in [0.2, 0.25) is 0 Å². The van der Waals surface area contributed by atoms with Crippen molar-refractivity contribution in [2.24, 2.45) is 0 Å². The van der Waals surface area contributed by atoms with E-state index < -0.39 is 10.1 Å². The van der Waals surface area contributed by atoms with Gasteiger partial charge in [-0.1, -0.05) is 15.9 Å². The summed E-state index contributed by atoms with van der Waals surface area (Å²) >= 11 is 6.17. The maximum atomic E-state index is 10.7. The van der Waals surface area contributed by atoms with E-state index in [-0.39, 0.29) is 17.3 Å². The Morgan fingerprint density at radius 2 is 1.77 bits per heavy atom. The van der Waals surface area contributed by atoms with Gasteiger partial charge in [0.25, 0.3) is 10.1 Å². The van der Waals surface area contributed by atoms with Crippen LogP contribution in [0.4, 0.5) is 0 Å². The van der Waals surface area contributed by atoms with E-state index in [1.54, 1.807) is 6.07 Å². The first-order chi connectivity index (χ1) is 5.41. The molecule has 0 aliphatic carbocycles. The smallest absolute Gasteiger partial charge is 0.282 e. The van der Waals surface area contributed by atoms with Crippen molar-refractivity contribution in [1.82, 2.24) is 0 Å². The first-order valence-electron chi connectivity index (χ1n) is 2.84. The fourth-order valence-electron chi connectivity index (χ4n) is 0.684. The third-order valence-corrected chi connectivity index (χ3v) is 3.50. The van der Waals surface area contributed by atoms with Crippen LogP contribution in [0.1, 0.15) is 0 Å². The average Bonchev–Trinajstić information content (AvgIpc) is 1.83. The summed E-state index contributed by atoms with van der Waals surface area (Å²) in [6.45, 7) is 0. The third-order valence-electron chi connectivity index (χ3n) is 1.17. The Balaban J connectivity index is 0.00000144. The second-order valence-corrected chi connectivity index (χ2v) is 5.21. The Labute approximate surface area is 98.9 Å². The normalized spacial score (nSPS) is 10.7. The van der Waals surface area contributed by atoms with Crippen LogP contribution < -0.4 is 0 Å². The molecule has 0 saturated carbocycles. The highest BCUT2D eigenvalue weighted by Crippen LogP contribution is 2.25. The van der Waals surface area contributed by atoms with Gasteiger partial charge >= 0.3 is 0 Å². The highest BCUT2D eigenvalue weighted by Gasteiger charge is 2.13. The van der Waals surface area contributed by atoms with E-state index in [9.17, 15) is 8.42 Å². The van der Waals surface area contributed by atoms with E-state index in [0.29, 0.717) is 4.47 Å². The first kappa shape index (κ1) is 13.4. The van der Waals surface area contributed by atoms with Gasteiger partial charge in [0.2, 0.25) is 0 Å². The molecule has 1 aromatic carbocycles. The van der Waals surface area contributed by atoms with E-state index >= 15 is 0 Å². The van der Waals surface area contributed by atoms with E-state index in [1.807, 2.05) is 0 Å². The van der Waals surface area contributed by atoms with Crippen molar-refractivity contribution in [3.05, 3.63) is 27.1 Å². The zero-order valence-corrected chi connectivity index (χ0v) is 10.9. The third kappa shape index (κ3) is 3.55. The molecule has 0 fully saturated rings. The Bertz CT molecular complexity index is 404. The van der Waals surface area contributed by atoms with Crippen LogP contribution in [0.3, 0.4) is 0 Å². The van der Waals surface area contributed by atoms with Crippen LogP contribution in [0, 0.1) is 0 Å². The topological polar surface area (TPSA) is 54.4 Å². The molecule has 0 bridgehead atoms. The Morgan fingerprint density at radius 1 is 1.23 bits per heavy atom. The lowest BCUT2D eigenvalue weighted by Gasteiger charge is -1.99. The molecule has 0 radical (unpaired) electrons. The largest absolute Gasteiger partial charge is 0.295 e. The Hall–Kier alpha value is 0.380. The van der Waals surface area contributed by atoms with Gasteiger partial charge in [-0.15, -0.1) is 12.4 Å². The second-order valence-electron chi connectivity index (χ2n) is 2.05. The lowest BCUT2D eigenvalue weighted by atomic mass is 10.4. The zero-order valence-electron chi connectivity index (χ0n) is 6.07. The number of hydrogen-bond acceptors (Lipinski definition) is 2. The molecule has 13 heavy (non-hydrogen) atoms. The lowest BCUT2D eigenvalue weighted by molar-refractivity contribution is 0.482. The number of benzene rings is 1. The van der Waals surface area contributed by atoms with Crippen LogP contribution >= 0.6 is 44.3 Å². The maximum Gasteiger partial charge on any atom is 0.295 e. The summed E-state index contributed by atoms with van der Waals surface area (Å²) in [5.74, 6) is 0. The average molecular weight is 352 g/mol. The van der Waals surface area contributed by atoms with E-state index in [4.69, 9.17) is 4.55 Å². The monoisotopic (exact) mass is 350 g/mol. The summed E-state index contributed by atoms with van der Waals surface area (Å²) in [5, 5.41) is 0. The predicted molar refractivity (Wildman–Crippen MR) is 58.9 cm³/mol. The maximum absolute atomic E-state index is 10.7. The molecule has 0 saturated heterocycles. The van der Waals surface area contributed by atoms with Gasteiger partial charge in [-0.2, -0.15) is 8.42 Å². The number of hydrogen-bond donors (Lipinski definition) is 1. The quantitative estimate of drug-likeness (QED) is 0.791. The predicted octanol–water partition coefficient (Wildman–Crippen LogP) is 2.88. The van der Waals surface area contributed by atoms with Gasteiger partial charge in [-0.25, -0.2) is 0 Å².